The molecular weight excluding hydrogens is 252 g/mol. The molecule has 1 amide bonds. The summed E-state index contributed by atoms with van der Waals surface area (Å²) in [4.78, 5) is 11.8. The molecule has 0 aromatic heterocycles. The standard InChI is InChI=1S/C16H24N2O2/c1-3-18-16(15(17)19)10-4-5-14(11-16)20-13-8-6-12(2)7-9-13/h6-9,14,18H,3-5,10-11H2,1-2H3,(H2,17,19). The molecule has 0 bridgehead atoms. The van der Waals surface area contributed by atoms with Gasteiger partial charge < -0.3 is 15.8 Å². The Hall–Kier alpha value is -1.55. The van der Waals surface area contributed by atoms with Crippen LogP contribution in [0.3, 0.4) is 0 Å². The second-order valence-corrected chi connectivity index (χ2v) is 5.63. The highest BCUT2D eigenvalue weighted by Gasteiger charge is 2.41. The van der Waals surface area contributed by atoms with Gasteiger partial charge in [-0.1, -0.05) is 24.6 Å². The van der Waals surface area contributed by atoms with E-state index in [9.17, 15) is 4.79 Å². The number of hydrogen-bond acceptors (Lipinski definition) is 3. The molecule has 4 heteroatoms. The fourth-order valence-corrected chi connectivity index (χ4v) is 2.94. The van der Waals surface area contributed by atoms with Crippen LogP contribution in [0.1, 0.15) is 38.2 Å². The van der Waals surface area contributed by atoms with Gasteiger partial charge in [0.2, 0.25) is 5.91 Å². The van der Waals surface area contributed by atoms with Gasteiger partial charge in [0.25, 0.3) is 0 Å². The van der Waals surface area contributed by atoms with Crippen molar-refractivity contribution in [3.8, 4) is 5.75 Å². The molecule has 110 valence electrons. The molecule has 1 saturated carbocycles. The molecule has 1 aromatic carbocycles. The molecule has 1 aromatic rings. The first kappa shape index (κ1) is 14.9. The van der Waals surface area contributed by atoms with E-state index in [2.05, 4.69) is 5.32 Å². The molecule has 20 heavy (non-hydrogen) atoms. The van der Waals surface area contributed by atoms with Gasteiger partial charge in [-0.25, -0.2) is 0 Å². The Kier molecular flexibility index (Phi) is 4.65. The lowest BCUT2D eigenvalue weighted by Gasteiger charge is -2.39. The average Bonchev–Trinajstić information content (AvgIpc) is 2.42. The number of nitrogens with two attached hydrogens (primary N) is 1. The Morgan fingerprint density at radius 1 is 1.45 bits per heavy atom. The number of primary amides is 1. The Morgan fingerprint density at radius 2 is 2.15 bits per heavy atom. The van der Waals surface area contributed by atoms with Crippen molar-refractivity contribution in [3.63, 3.8) is 0 Å². The summed E-state index contributed by atoms with van der Waals surface area (Å²) in [6, 6.07) is 8.01. The molecule has 0 aliphatic heterocycles. The highest BCUT2D eigenvalue weighted by atomic mass is 16.5. The van der Waals surface area contributed by atoms with Gasteiger partial charge in [-0.05, 0) is 44.9 Å². The van der Waals surface area contributed by atoms with E-state index in [1.165, 1.54) is 5.56 Å². The van der Waals surface area contributed by atoms with Crippen molar-refractivity contribution in [1.29, 1.82) is 0 Å². The van der Waals surface area contributed by atoms with E-state index in [4.69, 9.17) is 10.5 Å². The first-order chi connectivity index (χ1) is 9.55. The molecule has 0 saturated heterocycles. The van der Waals surface area contributed by atoms with Gasteiger partial charge in [0.15, 0.2) is 0 Å². The van der Waals surface area contributed by atoms with Crippen LogP contribution in [0.15, 0.2) is 24.3 Å². The molecule has 1 fully saturated rings. The van der Waals surface area contributed by atoms with E-state index >= 15 is 0 Å². The summed E-state index contributed by atoms with van der Waals surface area (Å²) in [6.07, 6.45) is 3.40. The number of carbonyl (C=O) groups is 1. The molecule has 1 aliphatic rings. The van der Waals surface area contributed by atoms with E-state index in [1.54, 1.807) is 0 Å². The van der Waals surface area contributed by atoms with Crippen molar-refractivity contribution in [1.82, 2.24) is 5.32 Å². The Bertz CT molecular complexity index is 454. The van der Waals surface area contributed by atoms with Crippen LogP contribution < -0.4 is 15.8 Å². The van der Waals surface area contributed by atoms with E-state index in [0.717, 1.165) is 31.6 Å². The number of aryl methyl sites for hydroxylation is 1. The quantitative estimate of drug-likeness (QED) is 0.866. The number of amides is 1. The number of likely N-dealkylation sites (N-methyl/N-ethyl adjacent to an activating group) is 1. The summed E-state index contributed by atoms with van der Waals surface area (Å²) in [5, 5.41) is 3.27. The summed E-state index contributed by atoms with van der Waals surface area (Å²) >= 11 is 0. The van der Waals surface area contributed by atoms with Crippen molar-refractivity contribution in [2.75, 3.05) is 6.54 Å². The average molecular weight is 276 g/mol. The van der Waals surface area contributed by atoms with Crippen molar-refractivity contribution < 1.29 is 9.53 Å². The summed E-state index contributed by atoms with van der Waals surface area (Å²) in [7, 11) is 0. The zero-order valence-corrected chi connectivity index (χ0v) is 12.3. The fraction of sp³-hybridized carbons (Fsp3) is 0.562. The second kappa shape index (κ2) is 6.27. The molecule has 2 unspecified atom stereocenters. The largest absolute Gasteiger partial charge is 0.490 e. The molecule has 2 rings (SSSR count). The molecular formula is C16H24N2O2. The normalized spacial score (nSPS) is 26.2. The smallest absolute Gasteiger partial charge is 0.237 e. The zero-order valence-electron chi connectivity index (χ0n) is 12.3. The Balaban J connectivity index is 2.05. The number of nitrogens with one attached hydrogen (secondary N) is 1. The maximum atomic E-state index is 11.8. The first-order valence-corrected chi connectivity index (χ1v) is 7.34. The number of rotatable bonds is 5. The number of hydrogen-bond donors (Lipinski definition) is 2. The van der Waals surface area contributed by atoms with Gasteiger partial charge in [-0.2, -0.15) is 0 Å². The molecule has 4 nitrogen and oxygen atoms in total. The second-order valence-electron chi connectivity index (χ2n) is 5.63. The van der Waals surface area contributed by atoms with Gasteiger partial charge in [0.1, 0.15) is 17.4 Å². The van der Waals surface area contributed by atoms with Gasteiger partial charge in [0.05, 0.1) is 0 Å². The molecule has 0 spiro atoms. The topological polar surface area (TPSA) is 64.3 Å². The van der Waals surface area contributed by atoms with Crippen LogP contribution >= 0.6 is 0 Å². The number of ether oxygens (including phenoxy) is 1. The first-order valence-electron chi connectivity index (χ1n) is 7.34. The van der Waals surface area contributed by atoms with E-state index in [1.807, 2.05) is 38.1 Å². The van der Waals surface area contributed by atoms with Gasteiger partial charge in [-0.3, -0.25) is 4.79 Å². The molecule has 2 atom stereocenters. The molecule has 1 aliphatic carbocycles. The predicted molar refractivity (Wildman–Crippen MR) is 79.7 cm³/mol. The van der Waals surface area contributed by atoms with Crippen LogP contribution in [0, 0.1) is 6.92 Å². The predicted octanol–water partition coefficient (Wildman–Crippen LogP) is 2.15. The van der Waals surface area contributed by atoms with E-state index in [-0.39, 0.29) is 12.0 Å². The third-order valence-electron chi connectivity index (χ3n) is 4.02. The fourth-order valence-electron chi connectivity index (χ4n) is 2.94. The Labute approximate surface area is 120 Å². The monoisotopic (exact) mass is 276 g/mol. The number of carbonyl (C=O) groups excluding carboxylic acids is 1. The maximum Gasteiger partial charge on any atom is 0.237 e. The van der Waals surface area contributed by atoms with Crippen molar-refractivity contribution in [2.24, 2.45) is 5.73 Å². The lowest BCUT2D eigenvalue weighted by atomic mass is 9.79. The van der Waals surface area contributed by atoms with Crippen LogP contribution in [-0.2, 0) is 4.79 Å². The van der Waals surface area contributed by atoms with Crippen molar-refractivity contribution >= 4 is 5.91 Å². The van der Waals surface area contributed by atoms with Crippen LogP contribution in [0.2, 0.25) is 0 Å². The minimum atomic E-state index is -0.609. The summed E-state index contributed by atoms with van der Waals surface area (Å²) in [6.45, 7) is 4.78. The van der Waals surface area contributed by atoms with E-state index in [0.29, 0.717) is 6.42 Å². The molecule has 0 radical (unpaired) electrons. The van der Waals surface area contributed by atoms with Crippen molar-refractivity contribution in [3.05, 3.63) is 29.8 Å². The summed E-state index contributed by atoms with van der Waals surface area (Å²) in [5.41, 5.74) is 6.21. The highest BCUT2D eigenvalue weighted by molar-refractivity contribution is 5.84. The zero-order chi connectivity index (χ0) is 14.6. The van der Waals surface area contributed by atoms with Crippen molar-refractivity contribution in [2.45, 2.75) is 51.2 Å². The Morgan fingerprint density at radius 3 is 2.75 bits per heavy atom. The van der Waals surface area contributed by atoms with Gasteiger partial charge in [0, 0.05) is 6.42 Å². The van der Waals surface area contributed by atoms with Crippen LogP contribution in [0.25, 0.3) is 0 Å². The van der Waals surface area contributed by atoms with Gasteiger partial charge in [-0.15, -0.1) is 0 Å². The lowest BCUT2D eigenvalue weighted by Crippen LogP contribution is -2.59. The minimum Gasteiger partial charge on any atom is -0.490 e. The number of benzene rings is 1. The third-order valence-corrected chi connectivity index (χ3v) is 4.02. The highest BCUT2D eigenvalue weighted by Crippen LogP contribution is 2.31. The van der Waals surface area contributed by atoms with Crippen LogP contribution in [-0.4, -0.2) is 24.1 Å². The summed E-state index contributed by atoms with van der Waals surface area (Å²) < 4.78 is 6.01. The van der Waals surface area contributed by atoms with Crippen LogP contribution in [0.5, 0.6) is 5.75 Å². The molecule has 3 N–H and O–H groups in total. The summed E-state index contributed by atoms with van der Waals surface area (Å²) in [5.74, 6) is 0.592. The van der Waals surface area contributed by atoms with Crippen LogP contribution in [0.4, 0.5) is 0 Å². The van der Waals surface area contributed by atoms with Gasteiger partial charge >= 0.3 is 0 Å². The molecule has 0 heterocycles. The maximum absolute atomic E-state index is 11.8. The van der Waals surface area contributed by atoms with E-state index < -0.39 is 5.54 Å². The lowest BCUT2D eigenvalue weighted by molar-refractivity contribution is -0.127. The minimum absolute atomic E-state index is 0.0398. The SMILES string of the molecule is CCNC1(C(N)=O)CCCC(Oc2ccc(C)cc2)C1. The third kappa shape index (κ3) is 3.31.